The Morgan fingerprint density at radius 1 is 0.692 bits per heavy atom. The van der Waals surface area contributed by atoms with Crippen LogP contribution in [0.1, 0.15) is 108 Å². The van der Waals surface area contributed by atoms with Gasteiger partial charge in [0.05, 0.1) is 20.6 Å². The lowest BCUT2D eigenvalue weighted by atomic mass is 10.0. The van der Waals surface area contributed by atoms with E-state index in [9.17, 15) is 4.79 Å². The van der Waals surface area contributed by atoms with Gasteiger partial charge in [-0.3, -0.25) is 4.79 Å². The molecule has 0 N–H and O–H groups in total. The van der Waals surface area contributed by atoms with Crippen LogP contribution in [0.15, 0.2) is 54.6 Å². The van der Waals surface area contributed by atoms with Gasteiger partial charge in [-0.15, -0.1) is 0 Å². The van der Waals surface area contributed by atoms with Crippen LogP contribution in [0.4, 0.5) is 0 Å². The van der Waals surface area contributed by atoms with Crippen LogP contribution in [0, 0.1) is 0 Å². The molecule has 0 bridgehead atoms. The summed E-state index contributed by atoms with van der Waals surface area (Å²) in [5, 5.41) is 0. The minimum Gasteiger partial charge on any atom is -0.490 e. The molecule has 0 radical (unpaired) electrons. The molecule has 4 heteroatoms. The van der Waals surface area contributed by atoms with Crippen LogP contribution in [0.5, 0.6) is 5.75 Å². The molecule has 39 heavy (non-hydrogen) atoms. The molecule has 0 heterocycles. The molecular formula is C35H56NO3+. The number of benzene rings is 2. The average molecular weight is 539 g/mol. The molecule has 0 unspecified atom stereocenters. The summed E-state index contributed by atoms with van der Waals surface area (Å²) in [7, 11) is 4.49. The number of carbonyl (C=O) groups is 1. The van der Waals surface area contributed by atoms with E-state index in [0.29, 0.717) is 19.6 Å². The third-order valence-corrected chi connectivity index (χ3v) is 7.43. The first-order chi connectivity index (χ1) is 19.0. The van der Waals surface area contributed by atoms with Crippen molar-refractivity contribution in [2.45, 2.75) is 110 Å². The Morgan fingerprint density at radius 2 is 1.33 bits per heavy atom. The molecule has 2 aromatic rings. The number of ether oxygens (including phenoxy) is 2. The molecule has 0 aliphatic heterocycles. The third-order valence-electron chi connectivity index (χ3n) is 7.43. The van der Waals surface area contributed by atoms with E-state index < -0.39 is 0 Å². The van der Waals surface area contributed by atoms with Gasteiger partial charge in [0.1, 0.15) is 25.5 Å². The van der Waals surface area contributed by atoms with Crippen molar-refractivity contribution < 1.29 is 18.8 Å². The lowest BCUT2D eigenvalue weighted by Crippen LogP contribution is -2.39. The van der Waals surface area contributed by atoms with Gasteiger partial charge in [-0.2, -0.15) is 0 Å². The van der Waals surface area contributed by atoms with Crippen molar-refractivity contribution in [2.24, 2.45) is 0 Å². The second-order valence-electron chi connectivity index (χ2n) is 11.8. The smallest absolute Gasteiger partial charge is 0.305 e. The molecule has 0 aromatic heterocycles. The van der Waals surface area contributed by atoms with Gasteiger partial charge >= 0.3 is 5.97 Å². The summed E-state index contributed by atoms with van der Waals surface area (Å²) < 4.78 is 12.2. The molecule has 0 saturated carbocycles. The lowest BCUT2D eigenvalue weighted by Gasteiger charge is -2.30. The van der Waals surface area contributed by atoms with E-state index in [1.165, 1.54) is 81.8 Å². The number of hydrogen-bond donors (Lipinski definition) is 0. The zero-order valence-corrected chi connectivity index (χ0v) is 25.3. The van der Waals surface area contributed by atoms with E-state index in [-0.39, 0.29) is 5.97 Å². The van der Waals surface area contributed by atoms with Gasteiger partial charge in [0.15, 0.2) is 0 Å². The molecule has 0 fully saturated rings. The van der Waals surface area contributed by atoms with Crippen LogP contribution in [0.2, 0.25) is 0 Å². The van der Waals surface area contributed by atoms with Crippen LogP contribution in [0.3, 0.4) is 0 Å². The fourth-order valence-electron chi connectivity index (χ4n) is 5.14. The summed E-state index contributed by atoms with van der Waals surface area (Å²) in [6.45, 7) is 5.02. The number of esters is 1. The highest BCUT2D eigenvalue weighted by atomic mass is 16.6. The van der Waals surface area contributed by atoms with Crippen molar-refractivity contribution in [3.8, 4) is 5.75 Å². The fraction of sp³-hybridized carbons (Fsp3) is 0.629. The molecule has 0 aliphatic carbocycles. The maximum Gasteiger partial charge on any atom is 0.305 e. The van der Waals surface area contributed by atoms with Crippen molar-refractivity contribution in [1.29, 1.82) is 0 Å². The largest absolute Gasteiger partial charge is 0.490 e. The second-order valence-corrected chi connectivity index (χ2v) is 11.8. The maximum absolute atomic E-state index is 12.1. The Labute approximate surface area is 239 Å². The molecule has 0 aliphatic rings. The first-order valence-electron chi connectivity index (χ1n) is 15.7. The zero-order chi connectivity index (χ0) is 28.0. The Balaban J connectivity index is 1.47. The highest BCUT2D eigenvalue weighted by molar-refractivity contribution is 5.69. The Bertz CT molecular complexity index is 880. The predicted molar refractivity (Wildman–Crippen MR) is 164 cm³/mol. The third kappa shape index (κ3) is 17.1. The van der Waals surface area contributed by atoms with E-state index in [4.69, 9.17) is 9.47 Å². The number of unbranched alkanes of at least 4 members (excludes halogenated alkanes) is 11. The van der Waals surface area contributed by atoms with Crippen LogP contribution in [-0.2, 0) is 22.5 Å². The Morgan fingerprint density at radius 3 is 2.03 bits per heavy atom. The van der Waals surface area contributed by atoms with Crippen LogP contribution < -0.4 is 4.74 Å². The first-order valence-corrected chi connectivity index (χ1v) is 15.7. The van der Waals surface area contributed by atoms with Gasteiger partial charge in [0, 0.05) is 12.0 Å². The van der Waals surface area contributed by atoms with Crippen molar-refractivity contribution in [3.05, 3.63) is 65.7 Å². The number of rotatable bonds is 23. The maximum atomic E-state index is 12.1. The first kappa shape index (κ1) is 32.9. The summed E-state index contributed by atoms with van der Waals surface area (Å²) in [6.07, 6.45) is 18.5. The SMILES string of the molecule is CCCCCCCCCCCCCc1cccc(OCCOC(=O)CCCC[N+](C)(C)Cc2ccccc2)c1. The summed E-state index contributed by atoms with van der Waals surface area (Å²) in [4.78, 5) is 12.1. The molecule has 0 atom stereocenters. The number of quaternary nitrogens is 1. The molecule has 0 spiro atoms. The number of hydrogen-bond acceptors (Lipinski definition) is 3. The molecule has 2 aromatic carbocycles. The number of nitrogens with zero attached hydrogens (tertiary/aromatic N) is 1. The molecule has 4 nitrogen and oxygen atoms in total. The van der Waals surface area contributed by atoms with Crippen molar-refractivity contribution in [1.82, 2.24) is 0 Å². The molecule has 218 valence electrons. The highest BCUT2D eigenvalue weighted by Crippen LogP contribution is 2.17. The van der Waals surface area contributed by atoms with E-state index in [0.717, 1.165) is 42.6 Å². The topological polar surface area (TPSA) is 35.5 Å². The summed E-state index contributed by atoms with van der Waals surface area (Å²) >= 11 is 0. The minimum absolute atomic E-state index is 0.128. The Hall–Kier alpha value is -2.33. The molecule has 2 rings (SSSR count). The molecular weight excluding hydrogens is 482 g/mol. The van der Waals surface area contributed by atoms with E-state index in [1.807, 2.05) is 6.07 Å². The molecule has 0 amide bonds. The fourth-order valence-corrected chi connectivity index (χ4v) is 5.14. The van der Waals surface area contributed by atoms with Gasteiger partial charge in [0.2, 0.25) is 0 Å². The number of carbonyl (C=O) groups excluding carboxylic acids is 1. The zero-order valence-electron chi connectivity index (χ0n) is 25.3. The summed E-state index contributed by atoms with van der Waals surface area (Å²) in [5.74, 6) is 0.738. The lowest BCUT2D eigenvalue weighted by molar-refractivity contribution is -0.903. The van der Waals surface area contributed by atoms with Crippen LogP contribution in [-0.4, -0.2) is 44.3 Å². The van der Waals surface area contributed by atoms with Crippen molar-refractivity contribution in [3.63, 3.8) is 0 Å². The van der Waals surface area contributed by atoms with Gasteiger partial charge in [-0.05, 0) is 43.4 Å². The minimum atomic E-state index is -0.128. The normalized spacial score (nSPS) is 11.5. The van der Waals surface area contributed by atoms with E-state index in [2.05, 4.69) is 69.6 Å². The average Bonchev–Trinajstić information content (AvgIpc) is 2.93. The number of aryl methyl sites for hydroxylation is 1. The van der Waals surface area contributed by atoms with Gasteiger partial charge in [-0.25, -0.2) is 0 Å². The monoisotopic (exact) mass is 538 g/mol. The standard InChI is InChI=1S/C35H56NO3/c1-4-5-6-7-8-9-10-11-12-13-15-21-32-24-20-25-34(30-32)38-28-29-39-35(37)26-18-19-27-36(2,3)31-33-22-16-14-17-23-33/h14,16-17,20,22-25,30H,4-13,15,18-19,21,26-29,31H2,1-3H3/q+1. The summed E-state index contributed by atoms with van der Waals surface area (Å²) in [5.41, 5.74) is 2.68. The van der Waals surface area contributed by atoms with Gasteiger partial charge < -0.3 is 14.0 Å². The van der Waals surface area contributed by atoms with Crippen molar-refractivity contribution in [2.75, 3.05) is 33.9 Å². The Kier molecular flexibility index (Phi) is 17.3. The van der Waals surface area contributed by atoms with E-state index in [1.54, 1.807) is 0 Å². The predicted octanol–water partition coefficient (Wildman–Crippen LogP) is 8.91. The van der Waals surface area contributed by atoms with Gasteiger partial charge in [-0.1, -0.05) is 114 Å². The van der Waals surface area contributed by atoms with Gasteiger partial charge in [0.25, 0.3) is 0 Å². The highest BCUT2D eigenvalue weighted by Gasteiger charge is 2.15. The van der Waals surface area contributed by atoms with Crippen LogP contribution in [0.25, 0.3) is 0 Å². The van der Waals surface area contributed by atoms with Crippen LogP contribution >= 0.6 is 0 Å². The van der Waals surface area contributed by atoms with Crippen molar-refractivity contribution >= 4 is 5.97 Å². The second kappa shape index (κ2) is 20.6. The van der Waals surface area contributed by atoms with E-state index >= 15 is 0 Å². The molecule has 0 saturated heterocycles. The summed E-state index contributed by atoms with van der Waals surface area (Å²) in [6, 6.07) is 18.9. The quantitative estimate of drug-likeness (QED) is 0.0805.